The summed E-state index contributed by atoms with van der Waals surface area (Å²) >= 11 is 4.25. The molecule has 3 rings (SSSR count). The highest BCUT2D eigenvalue weighted by atomic mass is 32.1. The van der Waals surface area contributed by atoms with Crippen LogP contribution in [0.4, 0.5) is 0 Å². The predicted molar refractivity (Wildman–Crippen MR) is 115 cm³/mol. The van der Waals surface area contributed by atoms with E-state index >= 15 is 0 Å². The molecule has 0 N–H and O–H groups in total. The number of thiol groups is 1. The van der Waals surface area contributed by atoms with Crippen LogP contribution in [-0.2, 0) is 4.74 Å². The lowest BCUT2D eigenvalue weighted by molar-refractivity contribution is 0.294. The summed E-state index contributed by atoms with van der Waals surface area (Å²) in [6.07, 6.45) is 4.55. The topological polar surface area (TPSA) is 18.5 Å². The molecule has 1 aliphatic rings. The maximum atomic E-state index is 5.94. The smallest absolute Gasteiger partial charge is 0.125 e. The second-order valence-corrected chi connectivity index (χ2v) is 7.01. The number of allylic oxidation sites excluding steroid dienone is 1. The van der Waals surface area contributed by atoms with E-state index in [4.69, 9.17) is 9.47 Å². The molecule has 2 nitrogen and oxygen atoms in total. The predicted octanol–water partition coefficient (Wildman–Crippen LogP) is 5.72. The van der Waals surface area contributed by atoms with Gasteiger partial charge >= 0.3 is 0 Å². The minimum Gasteiger partial charge on any atom is -0.494 e. The van der Waals surface area contributed by atoms with Gasteiger partial charge in [-0.15, -0.1) is 0 Å². The number of hydrogen-bond donors (Lipinski definition) is 1. The van der Waals surface area contributed by atoms with Gasteiger partial charge in [0.25, 0.3) is 0 Å². The summed E-state index contributed by atoms with van der Waals surface area (Å²) in [7, 11) is 0. The van der Waals surface area contributed by atoms with Crippen molar-refractivity contribution in [3.8, 4) is 17.6 Å². The van der Waals surface area contributed by atoms with Crippen molar-refractivity contribution in [2.24, 2.45) is 0 Å². The van der Waals surface area contributed by atoms with Gasteiger partial charge < -0.3 is 9.47 Å². The quantitative estimate of drug-likeness (QED) is 0.377. The van der Waals surface area contributed by atoms with Gasteiger partial charge in [0.15, 0.2) is 0 Å². The summed E-state index contributed by atoms with van der Waals surface area (Å²) in [4.78, 5) is 0. The standard InChI is InChI=1S/C24H26O2S/c1-2-16-25-23-14-10-20(11-15-23)7-6-19-8-12-22(13-9-19)24(26-17-18-27)21-4-3-5-21/h8-15,27H,2-5,16-18H2,1H3. The minimum absolute atomic E-state index is 0.640. The van der Waals surface area contributed by atoms with Gasteiger partial charge in [0.05, 0.1) is 13.2 Å². The molecule has 0 aromatic heterocycles. The van der Waals surface area contributed by atoms with Crippen LogP contribution in [0.15, 0.2) is 54.1 Å². The van der Waals surface area contributed by atoms with E-state index in [2.05, 4.69) is 55.7 Å². The lowest BCUT2D eigenvalue weighted by Gasteiger charge is -2.22. The van der Waals surface area contributed by atoms with Crippen molar-refractivity contribution in [2.45, 2.75) is 32.6 Å². The first-order valence-corrected chi connectivity index (χ1v) is 10.2. The highest BCUT2D eigenvalue weighted by molar-refractivity contribution is 7.80. The summed E-state index contributed by atoms with van der Waals surface area (Å²) < 4.78 is 11.5. The van der Waals surface area contributed by atoms with Crippen LogP contribution in [0, 0.1) is 11.8 Å². The van der Waals surface area contributed by atoms with Crippen molar-refractivity contribution >= 4 is 18.4 Å². The maximum Gasteiger partial charge on any atom is 0.125 e. The third-order valence-corrected chi connectivity index (χ3v) is 4.62. The van der Waals surface area contributed by atoms with E-state index in [-0.39, 0.29) is 0 Å². The molecule has 3 heteroatoms. The molecule has 0 unspecified atom stereocenters. The van der Waals surface area contributed by atoms with E-state index in [9.17, 15) is 0 Å². The molecule has 1 saturated carbocycles. The summed E-state index contributed by atoms with van der Waals surface area (Å²) in [6, 6.07) is 16.3. The van der Waals surface area contributed by atoms with Gasteiger partial charge in [-0.2, -0.15) is 12.6 Å². The Labute approximate surface area is 168 Å². The Morgan fingerprint density at radius 3 is 2.07 bits per heavy atom. The molecule has 0 atom stereocenters. The van der Waals surface area contributed by atoms with Crippen molar-refractivity contribution in [3.05, 3.63) is 70.8 Å². The number of rotatable bonds is 7. The van der Waals surface area contributed by atoms with Crippen LogP contribution in [0.3, 0.4) is 0 Å². The lowest BCUT2D eigenvalue weighted by Crippen LogP contribution is -2.06. The Kier molecular flexibility index (Phi) is 7.30. The van der Waals surface area contributed by atoms with Gasteiger partial charge in [-0.3, -0.25) is 0 Å². The van der Waals surface area contributed by atoms with Gasteiger partial charge in [-0.25, -0.2) is 0 Å². The van der Waals surface area contributed by atoms with Gasteiger partial charge in [0.2, 0.25) is 0 Å². The monoisotopic (exact) mass is 378 g/mol. The van der Waals surface area contributed by atoms with Crippen LogP contribution in [0.2, 0.25) is 0 Å². The first kappa shape index (κ1) is 19.5. The van der Waals surface area contributed by atoms with Crippen LogP contribution < -0.4 is 4.74 Å². The normalized spacial score (nSPS) is 12.6. The van der Waals surface area contributed by atoms with Crippen LogP contribution in [0.5, 0.6) is 5.75 Å². The second kappa shape index (κ2) is 10.1. The Morgan fingerprint density at radius 2 is 1.56 bits per heavy atom. The van der Waals surface area contributed by atoms with Crippen molar-refractivity contribution in [1.29, 1.82) is 0 Å². The highest BCUT2D eigenvalue weighted by Gasteiger charge is 2.17. The Balaban J connectivity index is 1.68. The summed E-state index contributed by atoms with van der Waals surface area (Å²) in [5, 5.41) is 0. The second-order valence-electron chi connectivity index (χ2n) is 6.56. The van der Waals surface area contributed by atoms with Crippen molar-refractivity contribution in [1.82, 2.24) is 0 Å². The fourth-order valence-corrected chi connectivity index (χ4v) is 2.91. The molecule has 0 spiro atoms. The zero-order chi connectivity index (χ0) is 18.9. The summed E-state index contributed by atoms with van der Waals surface area (Å²) in [6.45, 7) is 3.48. The van der Waals surface area contributed by atoms with Crippen molar-refractivity contribution in [2.75, 3.05) is 19.0 Å². The van der Waals surface area contributed by atoms with Gasteiger partial charge in [0, 0.05) is 22.4 Å². The lowest BCUT2D eigenvalue weighted by atomic mass is 9.89. The van der Waals surface area contributed by atoms with E-state index in [1.807, 2.05) is 24.3 Å². The highest BCUT2D eigenvalue weighted by Crippen LogP contribution is 2.34. The van der Waals surface area contributed by atoms with Gasteiger partial charge in [-0.1, -0.05) is 30.9 Å². The number of ether oxygens (including phenoxy) is 2. The van der Waals surface area contributed by atoms with Crippen molar-refractivity contribution < 1.29 is 9.47 Å². The molecule has 0 aliphatic heterocycles. The molecule has 0 saturated heterocycles. The number of hydrogen-bond acceptors (Lipinski definition) is 3. The zero-order valence-electron chi connectivity index (χ0n) is 15.8. The minimum atomic E-state index is 0.640. The van der Waals surface area contributed by atoms with E-state index in [0.717, 1.165) is 59.8 Å². The fraction of sp³-hybridized carbons (Fsp3) is 0.333. The summed E-state index contributed by atoms with van der Waals surface area (Å²) in [5.41, 5.74) is 4.53. The SMILES string of the molecule is CCCOc1ccc(C#Cc2ccc(C(OCCS)=C3CCC3)cc2)cc1. The third-order valence-electron chi connectivity index (χ3n) is 4.44. The maximum absolute atomic E-state index is 5.94. The molecule has 140 valence electrons. The van der Waals surface area contributed by atoms with Crippen LogP contribution >= 0.6 is 12.6 Å². The first-order valence-electron chi connectivity index (χ1n) is 9.61. The van der Waals surface area contributed by atoms with Crippen molar-refractivity contribution in [3.63, 3.8) is 0 Å². The van der Waals surface area contributed by atoms with Crippen LogP contribution in [0.25, 0.3) is 5.76 Å². The molecule has 0 bridgehead atoms. The molecule has 2 aromatic carbocycles. The zero-order valence-corrected chi connectivity index (χ0v) is 16.7. The first-order chi connectivity index (χ1) is 13.3. The Morgan fingerprint density at radius 1 is 0.926 bits per heavy atom. The molecular formula is C24H26O2S. The third kappa shape index (κ3) is 5.58. The molecule has 1 aliphatic carbocycles. The molecular weight excluding hydrogens is 352 g/mol. The molecule has 27 heavy (non-hydrogen) atoms. The van der Waals surface area contributed by atoms with E-state index in [0.29, 0.717) is 6.61 Å². The van der Waals surface area contributed by atoms with E-state index < -0.39 is 0 Å². The van der Waals surface area contributed by atoms with Gasteiger partial charge in [-0.05, 0) is 67.7 Å². The molecule has 2 aromatic rings. The number of benzene rings is 2. The fourth-order valence-electron chi connectivity index (χ4n) is 2.82. The molecule has 0 radical (unpaired) electrons. The largest absolute Gasteiger partial charge is 0.494 e. The Bertz CT molecular complexity index is 817. The average molecular weight is 379 g/mol. The van der Waals surface area contributed by atoms with Gasteiger partial charge in [0.1, 0.15) is 11.5 Å². The van der Waals surface area contributed by atoms with Crippen LogP contribution in [0.1, 0.15) is 49.3 Å². The summed E-state index contributed by atoms with van der Waals surface area (Å²) in [5.74, 6) is 9.10. The Hall–Kier alpha value is -2.31. The molecule has 1 fully saturated rings. The molecule has 0 heterocycles. The molecule has 0 amide bonds. The van der Waals surface area contributed by atoms with E-state index in [1.165, 1.54) is 12.0 Å². The average Bonchev–Trinajstić information content (AvgIpc) is 2.67. The van der Waals surface area contributed by atoms with Crippen LogP contribution in [-0.4, -0.2) is 19.0 Å². The van der Waals surface area contributed by atoms with E-state index in [1.54, 1.807) is 0 Å².